The third-order valence-electron chi connectivity index (χ3n) is 2.87. The maximum absolute atomic E-state index is 8.71. The third kappa shape index (κ3) is 3.76. The van der Waals surface area contributed by atoms with Crippen LogP contribution in [0.1, 0.15) is 18.9 Å². The van der Waals surface area contributed by atoms with Crippen LogP contribution in [-0.2, 0) is 6.42 Å². The zero-order valence-electron chi connectivity index (χ0n) is 11.1. The van der Waals surface area contributed by atoms with Crippen LogP contribution < -0.4 is 5.32 Å². The van der Waals surface area contributed by atoms with E-state index in [0.717, 1.165) is 24.0 Å². The normalized spacial score (nSPS) is 10.4. The molecule has 4 nitrogen and oxygen atoms in total. The number of aliphatic hydroxyl groups excluding tert-OH is 1. The molecule has 19 heavy (non-hydrogen) atoms. The average Bonchev–Trinajstić information content (AvgIpc) is 2.47. The molecule has 0 aliphatic heterocycles. The fourth-order valence-corrected chi connectivity index (χ4v) is 1.89. The topological polar surface area (TPSA) is 58.0 Å². The van der Waals surface area contributed by atoms with Crippen molar-refractivity contribution in [3.63, 3.8) is 0 Å². The second kappa shape index (κ2) is 6.85. The van der Waals surface area contributed by atoms with Gasteiger partial charge in [-0.25, -0.2) is 9.97 Å². The van der Waals surface area contributed by atoms with Gasteiger partial charge in [0.15, 0.2) is 0 Å². The lowest BCUT2D eigenvalue weighted by molar-refractivity contribution is 0.311. The van der Waals surface area contributed by atoms with Gasteiger partial charge in [0.2, 0.25) is 5.95 Å². The maximum Gasteiger partial charge on any atom is 0.222 e. The Labute approximate surface area is 113 Å². The van der Waals surface area contributed by atoms with Crippen molar-refractivity contribution in [3.05, 3.63) is 42.2 Å². The van der Waals surface area contributed by atoms with Gasteiger partial charge in [-0.05, 0) is 17.5 Å². The summed E-state index contributed by atoms with van der Waals surface area (Å²) in [7, 11) is 0. The number of nitrogens with one attached hydrogen (secondary N) is 1. The second-order valence-corrected chi connectivity index (χ2v) is 4.39. The van der Waals surface area contributed by atoms with Crippen molar-refractivity contribution in [2.45, 2.75) is 19.8 Å². The number of benzene rings is 1. The van der Waals surface area contributed by atoms with Crippen LogP contribution in [0.15, 0.2) is 36.7 Å². The van der Waals surface area contributed by atoms with Gasteiger partial charge >= 0.3 is 0 Å². The summed E-state index contributed by atoms with van der Waals surface area (Å²) in [5.74, 6) is 0.542. The molecule has 1 heterocycles. The zero-order chi connectivity index (χ0) is 13.5. The van der Waals surface area contributed by atoms with Crippen LogP contribution in [0, 0.1) is 0 Å². The monoisotopic (exact) mass is 257 g/mol. The number of hydrogen-bond acceptors (Lipinski definition) is 4. The van der Waals surface area contributed by atoms with Gasteiger partial charge in [-0.15, -0.1) is 0 Å². The summed E-state index contributed by atoms with van der Waals surface area (Å²) in [6.07, 6.45) is 5.86. The van der Waals surface area contributed by atoms with E-state index in [1.807, 2.05) is 0 Å². The molecular formula is C15H19N3O. The number of aromatic nitrogens is 2. The average molecular weight is 257 g/mol. The number of aliphatic hydroxyl groups is 1. The molecule has 0 spiro atoms. The van der Waals surface area contributed by atoms with Crippen molar-refractivity contribution >= 4 is 5.95 Å². The van der Waals surface area contributed by atoms with Crippen molar-refractivity contribution < 1.29 is 5.11 Å². The van der Waals surface area contributed by atoms with Gasteiger partial charge in [0.1, 0.15) is 0 Å². The van der Waals surface area contributed by atoms with Gasteiger partial charge in [0.25, 0.3) is 0 Å². The smallest absolute Gasteiger partial charge is 0.222 e. The lowest BCUT2D eigenvalue weighted by atomic mass is 10.0. The van der Waals surface area contributed by atoms with Gasteiger partial charge < -0.3 is 10.4 Å². The minimum Gasteiger partial charge on any atom is -0.395 e. The first kappa shape index (κ1) is 13.5. The van der Waals surface area contributed by atoms with Crippen molar-refractivity contribution in [1.29, 1.82) is 0 Å². The molecule has 0 aliphatic rings. The van der Waals surface area contributed by atoms with E-state index in [1.54, 1.807) is 12.4 Å². The molecule has 1 aromatic heterocycles. The highest BCUT2D eigenvalue weighted by Gasteiger charge is 2.00. The fraction of sp³-hybridized carbons (Fsp3) is 0.333. The van der Waals surface area contributed by atoms with Crippen LogP contribution in [0.5, 0.6) is 0 Å². The van der Waals surface area contributed by atoms with E-state index in [1.165, 1.54) is 5.56 Å². The summed E-state index contributed by atoms with van der Waals surface area (Å²) in [4.78, 5) is 8.44. The third-order valence-corrected chi connectivity index (χ3v) is 2.87. The number of hydrogen-bond donors (Lipinski definition) is 2. The quantitative estimate of drug-likeness (QED) is 0.834. The summed E-state index contributed by atoms with van der Waals surface area (Å²) in [6.45, 7) is 2.72. The van der Waals surface area contributed by atoms with Crippen molar-refractivity contribution in [1.82, 2.24) is 9.97 Å². The highest BCUT2D eigenvalue weighted by molar-refractivity contribution is 5.62. The number of anilines is 1. The Morgan fingerprint density at radius 2 is 1.74 bits per heavy atom. The lowest BCUT2D eigenvalue weighted by Crippen LogP contribution is -2.08. The van der Waals surface area contributed by atoms with Crippen molar-refractivity contribution in [3.8, 4) is 11.1 Å². The van der Waals surface area contributed by atoms with Crippen LogP contribution in [0.3, 0.4) is 0 Å². The Kier molecular flexibility index (Phi) is 4.86. The molecule has 1 aromatic carbocycles. The molecule has 0 fully saturated rings. The molecule has 2 rings (SSSR count). The zero-order valence-corrected chi connectivity index (χ0v) is 11.1. The van der Waals surface area contributed by atoms with Crippen LogP contribution in [0.25, 0.3) is 11.1 Å². The van der Waals surface area contributed by atoms with Crippen LogP contribution >= 0.6 is 0 Å². The number of rotatable bonds is 6. The molecule has 0 radical (unpaired) electrons. The summed E-state index contributed by atoms with van der Waals surface area (Å²) in [5, 5.41) is 11.6. The van der Waals surface area contributed by atoms with E-state index in [2.05, 4.69) is 46.5 Å². The second-order valence-electron chi connectivity index (χ2n) is 4.39. The summed E-state index contributed by atoms with van der Waals surface area (Å²) in [6, 6.07) is 8.50. The minimum absolute atomic E-state index is 0.0734. The molecule has 0 unspecified atom stereocenters. The molecule has 100 valence electrons. The Balaban J connectivity index is 2.08. The number of nitrogens with zero attached hydrogens (tertiary/aromatic N) is 2. The van der Waals surface area contributed by atoms with E-state index >= 15 is 0 Å². The van der Waals surface area contributed by atoms with E-state index < -0.39 is 0 Å². The van der Waals surface area contributed by atoms with E-state index in [-0.39, 0.29) is 6.61 Å². The standard InChI is InChI=1S/C15H19N3O/c1-2-3-12-4-6-13(7-5-12)14-10-17-15(18-11-14)16-8-9-19/h4-7,10-11,19H,2-3,8-9H2,1H3,(H,16,17,18). The summed E-state index contributed by atoms with van der Waals surface area (Å²) in [5.41, 5.74) is 3.47. The Hall–Kier alpha value is -1.94. The summed E-state index contributed by atoms with van der Waals surface area (Å²) < 4.78 is 0. The van der Waals surface area contributed by atoms with Gasteiger partial charge in [0.05, 0.1) is 6.61 Å². The van der Waals surface area contributed by atoms with Crippen molar-refractivity contribution in [2.75, 3.05) is 18.5 Å². The van der Waals surface area contributed by atoms with E-state index in [9.17, 15) is 0 Å². The largest absolute Gasteiger partial charge is 0.395 e. The van der Waals surface area contributed by atoms with Crippen LogP contribution in [-0.4, -0.2) is 28.2 Å². The highest BCUT2D eigenvalue weighted by Crippen LogP contribution is 2.19. The minimum atomic E-state index is 0.0734. The molecular weight excluding hydrogens is 238 g/mol. The van der Waals surface area contributed by atoms with E-state index in [4.69, 9.17) is 5.11 Å². The van der Waals surface area contributed by atoms with Gasteiger partial charge in [0, 0.05) is 24.5 Å². The Morgan fingerprint density at radius 3 is 2.32 bits per heavy atom. The molecule has 2 aromatic rings. The molecule has 0 saturated heterocycles. The Bertz CT molecular complexity index is 494. The van der Waals surface area contributed by atoms with Gasteiger partial charge in [-0.2, -0.15) is 0 Å². The predicted octanol–water partition coefficient (Wildman–Crippen LogP) is 2.50. The fourth-order valence-electron chi connectivity index (χ4n) is 1.89. The SMILES string of the molecule is CCCc1ccc(-c2cnc(NCCO)nc2)cc1. The van der Waals surface area contributed by atoms with Gasteiger partial charge in [-0.3, -0.25) is 0 Å². The molecule has 0 amide bonds. The molecule has 2 N–H and O–H groups in total. The first-order valence-corrected chi connectivity index (χ1v) is 6.59. The predicted molar refractivity (Wildman–Crippen MR) is 77.0 cm³/mol. The molecule has 0 bridgehead atoms. The molecule has 0 atom stereocenters. The lowest BCUT2D eigenvalue weighted by Gasteiger charge is -2.05. The molecule has 4 heteroatoms. The van der Waals surface area contributed by atoms with Crippen LogP contribution in [0.4, 0.5) is 5.95 Å². The number of aryl methyl sites for hydroxylation is 1. The van der Waals surface area contributed by atoms with Crippen LogP contribution in [0.2, 0.25) is 0 Å². The Morgan fingerprint density at radius 1 is 1.05 bits per heavy atom. The van der Waals surface area contributed by atoms with E-state index in [0.29, 0.717) is 12.5 Å². The summed E-state index contributed by atoms with van der Waals surface area (Å²) >= 11 is 0. The maximum atomic E-state index is 8.71. The first-order valence-electron chi connectivity index (χ1n) is 6.59. The molecule has 0 saturated carbocycles. The molecule has 0 aliphatic carbocycles. The first-order chi connectivity index (χ1) is 9.33. The van der Waals surface area contributed by atoms with Gasteiger partial charge in [-0.1, -0.05) is 37.6 Å². The van der Waals surface area contributed by atoms with Crippen molar-refractivity contribution in [2.24, 2.45) is 0 Å². The highest BCUT2D eigenvalue weighted by atomic mass is 16.3.